The average molecular weight is 553 g/mol. The van der Waals surface area contributed by atoms with Gasteiger partial charge >= 0.3 is 12.1 Å². The number of hydrogen-bond donors (Lipinski definition) is 0. The Balaban J connectivity index is 1.11. The minimum absolute atomic E-state index is 0.111. The molecule has 2 saturated heterocycles. The van der Waals surface area contributed by atoms with Crippen molar-refractivity contribution in [1.82, 2.24) is 9.96 Å². The van der Waals surface area contributed by atoms with Gasteiger partial charge in [0.2, 0.25) is 0 Å². The monoisotopic (exact) mass is 552 g/mol. The molecule has 0 bridgehead atoms. The summed E-state index contributed by atoms with van der Waals surface area (Å²) < 4.78 is 11.5. The zero-order valence-corrected chi connectivity index (χ0v) is 22.3. The second-order valence-corrected chi connectivity index (χ2v) is 11.1. The molecule has 3 heterocycles. The minimum atomic E-state index is -1.01. The van der Waals surface area contributed by atoms with Crippen molar-refractivity contribution in [2.24, 2.45) is 5.41 Å². The van der Waals surface area contributed by atoms with E-state index in [0.29, 0.717) is 44.1 Å². The first-order chi connectivity index (χ1) is 20.0. The van der Waals surface area contributed by atoms with Crippen molar-refractivity contribution >= 4 is 23.9 Å². The molecule has 1 unspecified atom stereocenters. The van der Waals surface area contributed by atoms with Crippen LogP contribution in [-0.2, 0) is 19.1 Å². The van der Waals surface area contributed by atoms with Crippen LogP contribution in [0.1, 0.15) is 57.0 Å². The maximum absolute atomic E-state index is 13.6. The Morgan fingerprint density at radius 3 is 1.93 bits per heavy atom. The molecule has 9 heteroatoms. The molecule has 7 rings (SSSR count). The van der Waals surface area contributed by atoms with Crippen LogP contribution in [0, 0.1) is 5.41 Å². The fraction of sp³-hybridized carbons (Fsp3) is 0.312. The highest BCUT2D eigenvalue weighted by molar-refractivity contribution is 6.21. The van der Waals surface area contributed by atoms with Gasteiger partial charge in [0.25, 0.3) is 11.8 Å². The maximum Gasteiger partial charge on any atom is 0.410 e. The van der Waals surface area contributed by atoms with E-state index in [1.807, 2.05) is 36.4 Å². The number of nitrogens with zero attached hydrogens (tertiary/aromatic N) is 2. The first-order valence-corrected chi connectivity index (χ1v) is 13.8. The molecule has 0 saturated carbocycles. The van der Waals surface area contributed by atoms with Crippen molar-refractivity contribution in [3.8, 4) is 11.1 Å². The van der Waals surface area contributed by atoms with Crippen LogP contribution in [0.4, 0.5) is 4.79 Å². The molecule has 1 aliphatic carbocycles. The van der Waals surface area contributed by atoms with Crippen molar-refractivity contribution < 1.29 is 33.5 Å². The van der Waals surface area contributed by atoms with Gasteiger partial charge in [0.15, 0.2) is 0 Å². The third-order valence-corrected chi connectivity index (χ3v) is 8.84. The number of carbonyl (C=O) groups is 4. The van der Waals surface area contributed by atoms with Gasteiger partial charge in [-0.05, 0) is 59.1 Å². The lowest BCUT2D eigenvalue weighted by molar-refractivity contribution is -0.173. The van der Waals surface area contributed by atoms with Gasteiger partial charge in [0.05, 0.1) is 11.1 Å². The number of imide groups is 1. The van der Waals surface area contributed by atoms with E-state index in [1.165, 1.54) is 17.0 Å². The molecule has 4 aliphatic rings. The Morgan fingerprint density at radius 2 is 1.34 bits per heavy atom. The van der Waals surface area contributed by atoms with Gasteiger partial charge in [-0.2, -0.15) is 0 Å². The summed E-state index contributed by atoms with van der Waals surface area (Å²) in [5.41, 5.74) is 4.42. The standard InChI is InChI=1S/C32H28N2O7/c35-28-24-11-5-6-12-25(24)29(36)34(28)41-30(37)27-17-32(13-15-39-16-14-32)19-33(27)31(38)40-18-26-22-9-3-1-7-20(22)21-8-2-4-10-23(21)26/h1-12,26-27H,13-19H2. The quantitative estimate of drug-likeness (QED) is 0.437. The molecular formula is C32H28N2O7. The van der Waals surface area contributed by atoms with Crippen LogP contribution in [0.15, 0.2) is 72.8 Å². The van der Waals surface area contributed by atoms with Gasteiger partial charge in [-0.15, -0.1) is 0 Å². The van der Waals surface area contributed by atoms with Crippen LogP contribution in [0.5, 0.6) is 0 Å². The number of rotatable bonds is 4. The van der Waals surface area contributed by atoms with Crippen molar-refractivity contribution in [2.45, 2.75) is 31.2 Å². The van der Waals surface area contributed by atoms with Crippen molar-refractivity contribution in [3.05, 3.63) is 95.1 Å². The third-order valence-electron chi connectivity index (χ3n) is 8.84. The lowest BCUT2D eigenvalue weighted by atomic mass is 9.78. The van der Waals surface area contributed by atoms with Gasteiger partial charge in [-0.1, -0.05) is 65.7 Å². The fourth-order valence-corrected chi connectivity index (χ4v) is 6.70. The molecule has 0 radical (unpaired) electrons. The molecule has 41 heavy (non-hydrogen) atoms. The van der Waals surface area contributed by atoms with Gasteiger partial charge in [-0.25, -0.2) is 9.59 Å². The second-order valence-electron chi connectivity index (χ2n) is 11.1. The number of ether oxygens (including phenoxy) is 2. The number of amides is 3. The van der Waals surface area contributed by atoms with E-state index < -0.39 is 29.9 Å². The summed E-state index contributed by atoms with van der Waals surface area (Å²) in [5.74, 6) is -2.37. The SMILES string of the molecule is O=C(ON1C(=O)c2ccccc2C1=O)C1CC2(CCOCC2)CN1C(=O)OCC1c2ccccc2-c2ccccc21. The van der Waals surface area contributed by atoms with E-state index in [2.05, 4.69) is 12.1 Å². The van der Waals surface area contributed by atoms with Crippen LogP contribution in [-0.4, -0.2) is 66.2 Å². The minimum Gasteiger partial charge on any atom is -0.448 e. The lowest BCUT2D eigenvalue weighted by Gasteiger charge is -2.32. The molecule has 3 aromatic rings. The Bertz CT molecular complexity index is 1500. The molecule has 3 aliphatic heterocycles. The van der Waals surface area contributed by atoms with E-state index in [0.717, 1.165) is 22.3 Å². The first kappa shape index (κ1) is 25.5. The van der Waals surface area contributed by atoms with E-state index in [1.54, 1.807) is 12.1 Å². The highest BCUT2D eigenvalue weighted by atomic mass is 16.7. The van der Waals surface area contributed by atoms with Gasteiger partial charge in [0, 0.05) is 25.7 Å². The summed E-state index contributed by atoms with van der Waals surface area (Å²) in [6.45, 7) is 1.46. The van der Waals surface area contributed by atoms with Gasteiger partial charge < -0.3 is 14.3 Å². The first-order valence-electron chi connectivity index (χ1n) is 13.8. The zero-order chi connectivity index (χ0) is 28.1. The Kier molecular flexibility index (Phi) is 6.12. The molecule has 2 fully saturated rings. The zero-order valence-electron chi connectivity index (χ0n) is 22.3. The Labute approximate surface area is 236 Å². The Hall–Kier alpha value is -4.50. The molecule has 0 aromatic heterocycles. The number of carbonyl (C=O) groups excluding carboxylic acids is 4. The summed E-state index contributed by atoms with van der Waals surface area (Å²) in [6, 6.07) is 21.4. The lowest BCUT2D eigenvalue weighted by Crippen LogP contribution is -2.45. The number of likely N-dealkylation sites (tertiary alicyclic amines) is 1. The van der Waals surface area contributed by atoms with Crippen LogP contribution >= 0.6 is 0 Å². The predicted molar refractivity (Wildman–Crippen MR) is 146 cm³/mol. The summed E-state index contributed by atoms with van der Waals surface area (Å²) in [6.07, 6.45) is 1.07. The molecular weight excluding hydrogens is 524 g/mol. The maximum atomic E-state index is 13.6. The molecule has 0 N–H and O–H groups in total. The fourth-order valence-electron chi connectivity index (χ4n) is 6.70. The molecule has 1 spiro atoms. The van der Waals surface area contributed by atoms with Crippen molar-refractivity contribution in [2.75, 3.05) is 26.4 Å². The van der Waals surface area contributed by atoms with E-state index in [-0.39, 0.29) is 29.1 Å². The number of fused-ring (bicyclic) bond motifs is 4. The smallest absolute Gasteiger partial charge is 0.410 e. The summed E-state index contributed by atoms with van der Waals surface area (Å²) in [5, 5.41) is 0.498. The Morgan fingerprint density at radius 1 is 0.805 bits per heavy atom. The van der Waals surface area contributed by atoms with Crippen molar-refractivity contribution in [1.29, 1.82) is 0 Å². The van der Waals surface area contributed by atoms with E-state index in [9.17, 15) is 19.2 Å². The average Bonchev–Trinajstić information content (AvgIpc) is 3.61. The predicted octanol–water partition coefficient (Wildman–Crippen LogP) is 4.56. The third kappa shape index (κ3) is 4.19. The second kappa shape index (κ2) is 9.85. The number of benzene rings is 3. The molecule has 208 valence electrons. The molecule has 3 aromatic carbocycles. The topological polar surface area (TPSA) is 102 Å². The van der Waals surface area contributed by atoms with E-state index in [4.69, 9.17) is 14.3 Å². The molecule has 3 amide bonds. The van der Waals surface area contributed by atoms with Gasteiger partial charge in [-0.3, -0.25) is 14.5 Å². The van der Waals surface area contributed by atoms with Crippen LogP contribution in [0.3, 0.4) is 0 Å². The highest BCUT2D eigenvalue weighted by Crippen LogP contribution is 2.46. The van der Waals surface area contributed by atoms with Crippen LogP contribution in [0.25, 0.3) is 11.1 Å². The molecule has 1 atom stereocenters. The molecule has 9 nitrogen and oxygen atoms in total. The highest BCUT2D eigenvalue weighted by Gasteiger charge is 2.52. The normalized spacial score (nSPS) is 20.6. The van der Waals surface area contributed by atoms with Crippen LogP contribution < -0.4 is 0 Å². The van der Waals surface area contributed by atoms with Crippen LogP contribution in [0.2, 0.25) is 0 Å². The largest absolute Gasteiger partial charge is 0.448 e. The summed E-state index contributed by atoms with van der Waals surface area (Å²) in [7, 11) is 0. The van der Waals surface area contributed by atoms with Gasteiger partial charge in [0.1, 0.15) is 12.6 Å². The summed E-state index contributed by atoms with van der Waals surface area (Å²) >= 11 is 0. The summed E-state index contributed by atoms with van der Waals surface area (Å²) in [4.78, 5) is 59.6. The van der Waals surface area contributed by atoms with Crippen molar-refractivity contribution in [3.63, 3.8) is 0 Å². The number of hydroxylamine groups is 2. The number of hydrogen-bond acceptors (Lipinski definition) is 7. The van der Waals surface area contributed by atoms with E-state index >= 15 is 0 Å².